The Kier molecular flexibility index (Phi) is 4.88. The Balaban J connectivity index is 1.86. The van der Waals surface area contributed by atoms with Crippen molar-refractivity contribution in [1.29, 1.82) is 0 Å². The number of nitrogen functional groups attached to an aromatic ring is 1. The van der Waals surface area contributed by atoms with Crippen LogP contribution in [0.15, 0.2) is 67.3 Å². The quantitative estimate of drug-likeness (QED) is 0.766. The van der Waals surface area contributed by atoms with Crippen LogP contribution in [0.4, 0.5) is 5.82 Å². The van der Waals surface area contributed by atoms with Gasteiger partial charge >= 0.3 is 0 Å². The first-order valence-electron chi connectivity index (χ1n) is 8.94. The van der Waals surface area contributed by atoms with Crippen LogP contribution >= 0.6 is 0 Å². The first-order valence-corrected chi connectivity index (χ1v) is 8.94. The van der Waals surface area contributed by atoms with Crippen LogP contribution in [0.2, 0.25) is 0 Å². The van der Waals surface area contributed by atoms with Gasteiger partial charge in [0, 0.05) is 43.3 Å². The van der Waals surface area contributed by atoms with Crippen LogP contribution in [-0.2, 0) is 0 Å². The van der Waals surface area contributed by atoms with Gasteiger partial charge in [-0.15, -0.1) is 0 Å². The molecule has 0 spiro atoms. The molecular weight excluding hydrogens is 322 g/mol. The largest absolute Gasteiger partial charge is 0.384 e. The Bertz CT molecular complexity index is 831. The molecule has 1 aliphatic heterocycles. The Labute approximate surface area is 153 Å². The third kappa shape index (κ3) is 3.44. The Morgan fingerprint density at radius 1 is 0.923 bits per heavy atom. The van der Waals surface area contributed by atoms with Gasteiger partial charge in [-0.25, -0.2) is 4.98 Å². The van der Waals surface area contributed by atoms with Gasteiger partial charge in [0.05, 0.1) is 5.69 Å². The van der Waals surface area contributed by atoms with Crippen LogP contribution < -0.4 is 5.73 Å². The summed E-state index contributed by atoms with van der Waals surface area (Å²) in [7, 11) is 0. The molecular formula is C21H22N5. The van der Waals surface area contributed by atoms with Crippen molar-refractivity contribution in [1.82, 2.24) is 19.9 Å². The van der Waals surface area contributed by atoms with Crippen molar-refractivity contribution in [2.75, 3.05) is 12.3 Å². The standard InChI is InChI=1S/C21H22N5/c22-19-9-3-8-18(25-19)20(16-6-4-10-23-14-16)21(26-12-1-2-13-26)17-7-5-11-24-15-17/h3-12,14-15,20-21H,1-2,13H2,(H2,22,25). The summed E-state index contributed by atoms with van der Waals surface area (Å²) in [6.45, 7) is 3.33. The lowest BCUT2D eigenvalue weighted by atomic mass is 9.84. The molecule has 4 rings (SSSR count). The predicted octanol–water partition coefficient (Wildman–Crippen LogP) is 3.58. The molecule has 131 valence electrons. The van der Waals surface area contributed by atoms with Gasteiger partial charge in [-0.1, -0.05) is 18.2 Å². The molecule has 1 radical (unpaired) electrons. The van der Waals surface area contributed by atoms with Crippen molar-refractivity contribution in [3.8, 4) is 0 Å². The Hall–Kier alpha value is -2.79. The van der Waals surface area contributed by atoms with E-state index in [1.165, 1.54) is 12.0 Å². The van der Waals surface area contributed by atoms with Gasteiger partial charge < -0.3 is 5.73 Å². The first kappa shape index (κ1) is 16.7. The number of likely N-dealkylation sites (tertiary alicyclic amines) is 1. The predicted molar refractivity (Wildman–Crippen MR) is 102 cm³/mol. The zero-order valence-electron chi connectivity index (χ0n) is 14.6. The number of rotatable bonds is 5. The highest BCUT2D eigenvalue weighted by Crippen LogP contribution is 2.42. The number of hydrogen-bond acceptors (Lipinski definition) is 5. The summed E-state index contributed by atoms with van der Waals surface area (Å²) in [5, 5.41) is 0. The number of anilines is 1. The molecule has 2 unspecified atom stereocenters. The zero-order valence-corrected chi connectivity index (χ0v) is 14.6. The second kappa shape index (κ2) is 7.62. The fourth-order valence-corrected chi connectivity index (χ4v) is 3.72. The summed E-state index contributed by atoms with van der Waals surface area (Å²) in [6.07, 6.45) is 9.75. The highest BCUT2D eigenvalue weighted by Gasteiger charge is 2.34. The van der Waals surface area contributed by atoms with E-state index >= 15 is 0 Å². The summed E-state index contributed by atoms with van der Waals surface area (Å²) >= 11 is 0. The summed E-state index contributed by atoms with van der Waals surface area (Å²) in [6, 6.07) is 14.2. The van der Waals surface area contributed by atoms with E-state index in [0.29, 0.717) is 5.82 Å². The van der Waals surface area contributed by atoms with Gasteiger partial charge in [-0.3, -0.25) is 14.9 Å². The number of pyridine rings is 3. The van der Waals surface area contributed by atoms with E-state index in [2.05, 4.69) is 38.5 Å². The minimum Gasteiger partial charge on any atom is -0.384 e. The summed E-state index contributed by atoms with van der Waals surface area (Å²) in [4.78, 5) is 15.8. The molecule has 4 heterocycles. The van der Waals surface area contributed by atoms with Crippen LogP contribution in [0.3, 0.4) is 0 Å². The second-order valence-electron chi connectivity index (χ2n) is 6.55. The average Bonchev–Trinajstić information content (AvgIpc) is 3.21. The summed E-state index contributed by atoms with van der Waals surface area (Å²) < 4.78 is 0. The third-order valence-corrected chi connectivity index (χ3v) is 4.84. The van der Waals surface area contributed by atoms with E-state index in [1.54, 1.807) is 6.20 Å². The fourth-order valence-electron chi connectivity index (χ4n) is 3.72. The van der Waals surface area contributed by atoms with Crippen molar-refractivity contribution in [3.63, 3.8) is 0 Å². The topological polar surface area (TPSA) is 67.9 Å². The maximum atomic E-state index is 6.01. The van der Waals surface area contributed by atoms with Crippen molar-refractivity contribution in [3.05, 3.63) is 90.6 Å². The molecule has 1 saturated heterocycles. The highest BCUT2D eigenvalue weighted by atomic mass is 15.2. The molecule has 1 aliphatic rings. The average molecular weight is 344 g/mol. The fraction of sp³-hybridized carbons (Fsp3) is 0.238. The highest BCUT2D eigenvalue weighted by molar-refractivity contribution is 5.37. The molecule has 2 N–H and O–H groups in total. The minimum atomic E-state index is 0.0192. The molecule has 0 amide bonds. The number of nitrogens with zero attached hydrogens (tertiary/aromatic N) is 4. The maximum absolute atomic E-state index is 6.01. The molecule has 26 heavy (non-hydrogen) atoms. The minimum absolute atomic E-state index is 0.0192. The van der Waals surface area contributed by atoms with E-state index in [1.807, 2.05) is 48.9 Å². The van der Waals surface area contributed by atoms with E-state index in [0.717, 1.165) is 24.2 Å². The Morgan fingerprint density at radius 3 is 2.31 bits per heavy atom. The SMILES string of the molecule is Nc1cccc(C(c2cccnc2)C(c2cccnc2)N2[CH]CCC2)n1. The van der Waals surface area contributed by atoms with Gasteiger partial charge in [0.25, 0.3) is 0 Å². The number of aromatic nitrogens is 3. The third-order valence-electron chi connectivity index (χ3n) is 4.84. The number of hydrogen-bond donors (Lipinski definition) is 1. The van der Waals surface area contributed by atoms with Gasteiger partial charge in [-0.05, 0) is 54.8 Å². The van der Waals surface area contributed by atoms with Crippen LogP contribution in [0.25, 0.3) is 0 Å². The molecule has 5 heteroatoms. The molecule has 0 saturated carbocycles. The van der Waals surface area contributed by atoms with Crippen LogP contribution in [0.5, 0.6) is 0 Å². The maximum Gasteiger partial charge on any atom is 0.123 e. The van der Waals surface area contributed by atoms with Gasteiger partial charge in [0.1, 0.15) is 5.82 Å². The van der Waals surface area contributed by atoms with E-state index in [4.69, 9.17) is 5.73 Å². The van der Waals surface area contributed by atoms with Crippen molar-refractivity contribution in [2.24, 2.45) is 0 Å². The molecule has 3 aromatic rings. The van der Waals surface area contributed by atoms with Crippen molar-refractivity contribution >= 4 is 5.82 Å². The summed E-state index contributed by atoms with van der Waals surface area (Å²) in [5.41, 5.74) is 9.25. The summed E-state index contributed by atoms with van der Waals surface area (Å²) in [5.74, 6) is 0.553. The van der Waals surface area contributed by atoms with E-state index in [9.17, 15) is 0 Å². The normalized spacial score (nSPS) is 17.1. The van der Waals surface area contributed by atoms with Gasteiger partial charge in [0.15, 0.2) is 0 Å². The lowest BCUT2D eigenvalue weighted by molar-refractivity contribution is 0.258. The smallest absolute Gasteiger partial charge is 0.123 e. The second-order valence-corrected chi connectivity index (χ2v) is 6.55. The van der Waals surface area contributed by atoms with Crippen molar-refractivity contribution in [2.45, 2.75) is 24.8 Å². The lowest BCUT2D eigenvalue weighted by Crippen LogP contribution is -2.30. The molecule has 3 aromatic heterocycles. The van der Waals surface area contributed by atoms with Gasteiger partial charge in [0.2, 0.25) is 0 Å². The number of nitrogens with two attached hydrogens (primary N) is 1. The molecule has 1 fully saturated rings. The van der Waals surface area contributed by atoms with Crippen molar-refractivity contribution < 1.29 is 0 Å². The molecule has 0 bridgehead atoms. The molecule has 2 atom stereocenters. The van der Waals surface area contributed by atoms with E-state index < -0.39 is 0 Å². The van der Waals surface area contributed by atoms with Crippen LogP contribution in [0.1, 0.15) is 41.6 Å². The van der Waals surface area contributed by atoms with E-state index in [-0.39, 0.29) is 12.0 Å². The van der Waals surface area contributed by atoms with Crippen LogP contribution in [0, 0.1) is 6.54 Å². The zero-order chi connectivity index (χ0) is 17.8. The Morgan fingerprint density at radius 2 is 1.69 bits per heavy atom. The van der Waals surface area contributed by atoms with Gasteiger partial charge in [-0.2, -0.15) is 0 Å². The molecule has 0 aliphatic carbocycles. The monoisotopic (exact) mass is 344 g/mol. The molecule has 0 aromatic carbocycles. The molecule has 5 nitrogen and oxygen atoms in total. The lowest BCUT2D eigenvalue weighted by Gasteiger charge is -2.34. The first-order chi connectivity index (χ1) is 12.8. The van der Waals surface area contributed by atoms with Crippen LogP contribution in [-0.4, -0.2) is 26.4 Å².